The Kier molecular flexibility index (Phi) is 5.00. The fourth-order valence-electron chi connectivity index (χ4n) is 2.34. The fourth-order valence-corrected chi connectivity index (χ4v) is 3.24. The lowest BCUT2D eigenvalue weighted by molar-refractivity contribution is 0.103. The normalized spacial score (nSPS) is 10.4. The average Bonchev–Trinajstić information content (AvgIpc) is 3.12. The highest BCUT2D eigenvalue weighted by molar-refractivity contribution is 7.17. The van der Waals surface area contributed by atoms with Crippen LogP contribution in [0, 0.1) is 5.82 Å². The third kappa shape index (κ3) is 3.80. The van der Waals surface area contributed by atoms with E-state index in [1.165, 1.54) is 30.6 Å². The van der Waals surface area contributed by atoms with E-state index in [0.29, 0.717) is 22.1 Å². The number of halogens is 1. The molecule has 1 amide bonds. The maximum atomic E-state index is 13.0. The molecule has 6 heteroatoms. The van der Waals surface area contributed by atoms with Crippen molar-refractivity contribution in [1.82, 2.24) is 0 Å². The van der Waals surface area contributed by atoms with Gasteiger partial charge in [-0.05, 0) is 42.0 Å². The number of carbonyl (C=O) groups is 1. The second-order valence-corrected chi connectivity index (χ2v) is 6.28. The monoisotopic (exact) mass is 357 g/mol. The Bertz CT molecular complexity index is 890. The summed E-state index contributed by atoms with van der Waals surface area (Å²) in [6.45, 7) is 0. The minimum atomic E-state index is -0.285. The molecule has 0 spiro atoms. The molecule has 0 atom stereocenters. The maximum absolute atomic E-state index is 13.0. The number of anilines is 1. The largest absolute Gasteiger partial charge is 0.493 e. The van der Waals surface area contributed by atoms with Crippen molar-refractivity contribution in [3.8, 4) is 21.9 Å². The molecule has 3 rings (SSSR count). The third-order valence-corrected chi connectivity index (χ3v) is 4.73. The molecule has 3 aromatic rings. The van der Waals surface area contributed by atoms with Gasteiger partial charge in [-0.25, -0.2) is 4.39 Å². The number of nitrogens with one attached hydrogen (secondary N) is 1. The highest BCUT2D eigenvalue weighted by atomic mass is 32.1. The summed E-state index contributed by atoms with van der Waals surface area (Å²) in [6, 6.07) is 15.0. The second-order valence-electron chi connectivity index (χ2n) is 5.19. The van der Waals surface area contributed by atoms with Crippen molar-refractivity contribution < 1.29 is 18.7 Å². The Hall–Kier alpha value is -2.86. The third-order valence-electron chi connectivity index (χ3n) is 3.60. The standard InChI is InChI=1S/C19H16FNO3S/c1-23-15-8-7-14(11-16(15)24-2)21-19(22)18-10-9-17(25-18)12-3-5-13(20)6-4-12/h3-11H,1-2H3,(H,21,22). The summed E-state index contributed by atoms with van der Waals surface area (Å²) in [5.74, 6) is 0.631. The number of methoxy groups -OCH3 is 2. The van der Waals surface area contributed by atoms with Crippen LogP contribution in [-0.2, 0) is 0 Å². The van der Waals surface area contributed by atoms with Crippen LogP contribution in [0.4, 0.5) is 10.1 Å². The molecule has 0 saturated heterocycles. The summed E-state index contributed by atoms with van der Waals surface area (Å²) in [6.07, 6.45) is 0. The molecule has 0 unspecified atom stereocenters. The molecule has 4 nitrogen and oxygen atoms in total. The van der Waals surface area contributed by atoms with E-state index in [2.05, 4.69) is 5.32 Å². The van der Waals surface area contributed by atoms with Gasteiger partial charge in [0.2, 0.25) is 0 Å². The van der Waals surface area contributed by atoms with Crippen molar-refractivity contribution in [2.24, 2.45) is 0 Å². The highest BCUT2D eigenvalue weighted by Gasteiger charge is 2.12. The van der Waals surface area contributed by atoms with Crippen LogP contribution in [0.5, 0.6) is 11.5 Å². The van der Waals surface area contributed by atoms with Crippen LogP contribution < -0.4 is 14.8 Å². The Morgan fingerprint density at radius 2 is 1.68 bits per heavy atom. The zero-order chi connectivity index (χ0) is 17.8. The van der Waals surface area contributed by atoms with Crippen molar-refractivity contribution in [1.29, 1.82) is 0 Å². The number of rotatable bonds is 5. The number of amides is 1. The van der Waals surface area contributed by atoms with Gasteiger partial charge in [0.1, 0.15) is 5.82 Å². The molecule has 0 saturated carbocycles. The summed E-state index contributed by atoms with van der Waals surface area (Å²) >= 11 is 1.35. The number of thiophene rings is 1. The van der Waals surface area contributed by atoms with E-state index < -0.39 is 0 Å². The first-order valence-electron chi connectivity index (χ1n) is 7.50. The first-order valence-corrected chi connectivity index (χ1v) is 8.31. The van der Waals surface area contributed by atoms with Crippen LogP contribution in [0.2, 0.25) is 0 Å². The summed E-state index contributed by atoms with van der Waals surface area (Å²) in [5.41, 5.74) is 1.48. The summed E-state index contributed by atoms with van der Waals surface area (Å²) in [4.78, 5) is 13.9. The average molecular weight is 357 g/mol. The molecule has 0 aliphatic carbocycles. The molecule has 1 heterocycles. The SMILES string of the molecule is COc1ccc(NC(=O)c2ccc(-c3ccc(F)cc3)s2)cc1OC. The van der Waals surface area contributed by atoms with Crippen LogP contribution in [0.3, 0.4) is 0 Å². The van der Waals surface area contributed by atoms with Crippen molar-refractivity contribution in [3.05, 3.63) is 65.3 Å². The van der Waals surface area contributed by atoms with E-state index in [1.807, 2.05) is 6.07 Å². The van der Waals surface area contributed by atoms with E-state index in [1.54, 1.807) is 43.5 Å². The zero-order valence-corrected chi connectivity index (χ0v) is 14.5. The van der Waals surface area contributed by atoms with Crippen molar-refractivity contribution in [3.63, 3.8) is 0 Å². The number of hydrogen-bond donors (Lipinski definition) is 1. The number of hydrogen-bond acceptors (Lipinski definition) is 4. The number of benzene rings is 2. The summed E-state index contributed by atoms with van der Waals surface area (Å²) in [5, 5.41) is 2.83. The van der Waals surface area contributed by atoms with E-state index in [9.17, 15) is 9.18 Å². The van der Waals surface area contributed by atoms with Gasteiger partial charge in [0, 0.05) is 16.6 Å². The van der Waals surface area contributed by atoms with Gasteiger partial charge >= 0.3 is 0 Å². The highest BCUT2D eigenvalue weighted by Crippen LogP contribution is 2.31. The Balaban J connectivity index is 1.77. The van der Waals surface area contributed by atoms with Crippen molar-refractivity contribution in [2.75, 3.05) is 19.5 Å². The molecule has 128 valence electrons. The molecule has 0 radical (unpaired) electrons. The van der Waals surface area contributed by atoms with Gasteiger partial charge in [0.05, 0.1) is 19.1 Å². The molecule has 1 N–H and O–H groups in total. The second kappa shape index (κ2) is 7.36. The molecule has 25 heavy (non-hydrogen) atoms. The van der Waals surface area contributed by atoms with Crippen LogP contribution in [0.25, 0.3) is 10.4 Å². The van der Waals surface area contributed by atoms with Crippen molar-refractivity contribution >= 4 is 22.9 Å². The Morgan fingerprint density at radius 1 is 0.960 bits per heavy atom. The van der Waals surface area contributed by atoms with Crippen LogP contribution >= 0.6 is 11.3 Å². The van der Waals surface area contributed by atoms with Gasteiger partial charge < -0.3 is 14.8 Å². The van der Waals surface area contributed by atoms with Gasteiger partial charge in [0.15, 0.2) is 11.5 Å². The lowest BCUT2D eigenvalue weighted by Crippen LogP contribution is -2.10. The van der Waals surface area contributed by atoms with E-state index in [-0.39, 0.29) is 11.7 Å². The number of ether oxygens (including phenoxy) is 2. The quantitative estimate of drug-likeness (QED) is 0.712. The molecule has 0 fully saturated rings. The zero-order valence-electron chi connectivity index (χ0n) is 13.7. The van der Waals surface area contributed by atoms with Crippen LogP contribution in [-0.4, -0.2) is 20.1 Å². The van der Waals surface area contributed by atoms with E-state index >= 15 is 0 Å². The van der Waals surface area contributed by atoms with Crippen LogP contribution in [0.15, 0.2) is 54.6 Å². The van der Waals surface area contributed by atoms with Gasteiger partial charge in [-0.3, -0.25) is 4.79 Å². The van der Waals surface area contributed by atoms with Gasteiger partial charge in [0.25, 0.3) is 5.91 Å². The minimum Gasteiger partial charge on any atom is -0.493 e. The first-order chi connectivity index (χ1) is 12.1. The van der Waals surface area contributed by atoms with Crippen LogP contribution in [0.1, 0.15) is 9.67 Å². The predicted molar refractivity (Wildman–Crippen MR) is 97.2 cm³/mol. The lowest BCUT2D eigenvalue weighted by Gasteiger charge is -2.10. The topological polar surface area (TPSA) is 47.6 Å². The first kappa shape index (κ1) is 17.0. The van der Waals surface area contributed by atoms with E-state index in [4.69, 9.17) is 9.47 Å². The smallest absolute Gasteiger partial charge is 0.265 e. The Morgan fingerprint density at radius 3 is 2.36 bits per heavy atom. The van der Waals surface area contributed by atoms with Crippen molar-refractivity contribution in [2.45, 2.75) is 0 Å². The van der Waals surface area contributed by atoms with Gasteiger partial charge in [-0.1, -0.05) is 12.1 Å². The molecule has 0 aliphatic heterocycles. The fraction of sp³-hybridized carbons (Fsp3) is 0.105. The minimum absolute atomic E-state index is 0.217. The molecular weight excluding hydrogens is 341 g/mol. The lowest BCUT2D eigenvalue weighted by atomic mass is 10.2. The van der Waals surface area contributed by atoms with Gasteiger partial charge in [-0.2, -0.15) is 0 Å². The Labute approximate surface area is 148 Å². The van der Waals surface area contributed by atoms with Gasteiger partial charge in [-0.15, -0.1) is 11.3 Å². The molecule has 1 aromatic heterocycles. The summed E-state index contributed by atoms with van der Waals surface area (Å²) in [7, 11) is 3.09. The predicted octanol–water partition coefficient (Wildman–Crippen LogP) is 4.82. The van der Waals surface area contributed by atoms with E-state index in [0.717, 1.165) is 10.4 Å². The molecular formula is C19H16FNO3S. The molecule has 0 aliphatic rings. The maximum Gasteiger partial charge on any atom is 0.265 e. The number of carbonyl (C=O) groups excluding carboxylic acids is 1. The molecule has 2 aromatic carbocycles. The molecule has 0 bridgehead atoms. The summed E-state index contributed by atoms with van der Waals surface area (Å²) < 4.78 is 23.4.